The number of carbonyl (C=O) groups excluding carboxylic acids is 1. The van der Waals surface area contributed by atoms with Crippen LogP contribution in [0.25, 0.3) is 17.1 Å². The third-order valence-corrected chi connectivity index (χ3v) is 5.50. The van der Waals surface area contributed by atoms with E-state index in [0.29, 0.717) is 13.1 Å². The van der Waals surface area contributed by atoms with Gasteiger partial charge in [0.1, 0.15) is 5.82 Å². The molecule has 29 heavy (non-hydrogen) atoms. The van der Waals surface area contributed by atoms with E-state index in [1.54, 1.807) is 0 Å². The third kappa shape index (κ3) is 6.00. The predicted molar refractivity (Wildman–Crippen MR) is 114 cm³/mol. The number of rotatable bonds is 9. The maximum Gasteiger partial charge on any atom is 0.233 e. The fraction of sp³-hybridized carbons (Fsp3) is 0.238. The number of para-hydroxylation sites is 2. The van der Waals surface area contributed by atoms with Crippen molar-refractivity contribution in [3.8, 4) is 0 Å². The predicted octanol–water partition coefficient (Wildman–Crippen LogP) is 2.44. The monoisotopic (exact) mass is 412 g/mol. The highest BCUT2D eigenvalue weighted by Crippen LogP contribution is 2.14. The van der Waals surface area contributed by atoms with Gasteiger partial charge in [0.05, 0.1) is 11.0 Å². The largest absolute Gasteiger partial charge is 0.354 e. The number of benzene rings is 2. The first-order valence-electron chi connectivity index (χ1n) is 9.36. The summed E-state index contributed by atoms with van der Waals surface area (Å²) in [5.41, 5.74) is 2.74. The van der Waals surface area contributed by atoms with Crippen molar-refractivity contribution in [2.45, 2.75) is 19.9 Å². The Kier molecular flexibility index (Phi) is 6.79. The number of aromatic nitrogens is 2. The smallest absolute Gasteiger partial charge is 0.233 e. The molecular formula is C21H24N4O3S. The van der Waals surface area contributed by atoms with Crippen LogP contribution in [0.5, 0.6) is 0 Å². The van der Waals surface area contributed by atoms with Gasteiger partial charge in [-0.05, 0) is 30.7 Å². The average molecular weight is 413 g/mol. The lowest BCUT2D eigenvalue weighted by molar-refractivity contribution is -0.120. The van der Waals surface area contributed by atoms with Gasteiger partial charge < -0.3 is 9.88 Å². The summed E-state index contributed by atoms with van der Waals surface area (Å²) in [4.78, 5) is 16.5. The van der Waals surface area contributed by atoms with Crippen molar-refractivity contribution in [2.24, 2.45) is 0 Å². The molecule has 7 nitrogen and oxygen atoms in total. The van der Waals surface area contributed by atoms with E-state index < -0.39 is 10.0 Å². The minimum absolute atomic E-state index is 0.0420. The summed E-state index contributed by atoms with van der Waals surface area (Å²) < 4.78 is 28.4. The second-order valence-electron chi connectivity index (χ2n) is 6.55. The Labute approximate surface area is 170 Å². The maximum absolute atomic E-state index is 12.0. The Morgan fingerprint density at radius 1 is 1.07 bits per heavy atom. The first-order valence-corrected chi connectivity index (χ1v) is 10.9. The topological polar surface area (TPSA) is 93.1 Å². The fourth-order valence-electron chi connectivity index (χ4n) is 2.96. The van der Waals surface area contributed by atoms with Crippen LogP contribution in [0.4, 0.5) is 0 Å². The minimum atomic E-state index is -3.58. The number of amides is 1. The second-order valence-corrected chi connectivity index (χ2v) is 8.20. The highest BCUT2D eigenvalue weighted by molar-refractivity contribution is 7.92. The average Bonchev–Trinajstić information content (AvgIpc) is 3.02. The van der Waals surface area contributed by atoms with Crippen molar-refractivity contribution >= 4 is 33.0 Å². The molecule has 0 spiro atoms. The molecule has 8 heteroatoms. The molecule has 3 aromatic rings. The molecule has 152 valence electrons. The maximum atomic E-state index is 12.0. The number of aryl methyl sites for hydroxylation is 1. The van der Waals surface area contributed by atoms with Gasteiger partial charge in [-0.1, -0.05) is 42.5 Å². The van der Waals surface area contributed by atoms with Crippen LogP contribution in [0.1, 0.15) is 17.8 Å². The molecule has 2 N–H and O–H groups in total. The van der Waals surface area contributed by atoms with Gasteiger partial charge in [-0.15, -0.1) is 0 Å². The SMILES string of the molecule is Cc1nc2ccccc2n1CCNC(=O)CCNS(=O)(=O)/C=C/c1ccccc1. The van der Waals surface area contributed by atoms with E-state index in [4.69, 9.17) is 0 Å². The second kappa shape index (κ2) is 9.49. The summed E-state index contributed by atoms with van der Waals surface area (Å²) in [7, 11) is -3.58. The molecule has 0 radical (unpaired) electrons. The molecule has 0 unspecified atom stereocenters. The molecule has 0 bridgehead atoms. The first-order chi connectivity index (χ1) is 13.9. The Bertz CT molecular complexity index is 1110. The molecule has 1 aromatic heterocycles. The summed E-state index contributed by atoms with van der Waals surface area (Å²) in [5, 5.41) is 3.92. The Morgan fingerprint density at radius 3 is 2.59 bits per heavy atom. The number of fused-ring (bicyclic) bond motifs is 1. The van der Waals surface area contributed by atoms with Crippen LogP contribution < -0.4 is 10.0 Å². The lowest BCUT2D eigenvalue weighted by atomic mass is 10.2. The quantitative estimate of drug-likeness (QED) is 0.565. The molecule has 0 saturated carbocycles. The van der Waals surface area contributed by atoms with Gasteiger partial charge in [0.25, 0.3) is 0 Å². The van der Waals surface area contributed by atoms with Gasteiger partial charge in [-0.3, -0.25) is 4.79 Å². The molecular weight excluding hydrogens is 388 g/mol. The summed E-state index contributed by atoms with van der Waals surface area (Å²) >= 11 is 0. The third-order valence-electron chi connectivity index (χ3n) is 4.40. The molecule has 0 fully saturated rings. The number of hydrogen-bond acceptors (Lipinski definition) is 4. The van der Waals surface area contributed by atoms with Crippen LogP contribution in [-0.2, 0) is 21.4 Å². The molecule has 0 aliphatic rings. The molecule has 0 saturated heterocycles. The summed E-state index contributed by atoms with van der Waals surface area (Å²) in [6, 6.07) is 17.0. The van der Waals surface area contributed by atoms with Crippen molar-refractivity contribution in [1.82, 2.24) is 19.6 Å². The van der Waals surface area contributed by atoms with Crippen molar-refractivity contribution < 1.29 is 13.2 Å². The lowest BCUT2D eigenvalue weighted by Gasteiger charge is -2.09. The van der Waals surface area contributed by atoms with E-state index in [-0.39, 0.29) is 18.9 Å². The van der Waals surface area contributed by atoms with Gasteiger partial charge in [0.2, 0.25) is 15.9 Å². The van der Waals surface area contributed by atoms with Gasteiger partial charge in [-0.25, -0.2) is 18.1 Å². The van der Waals surface area contributed by atoms with E-state index in [9.17, 15) is 13.2 Å². The van der Waals surface area contributed by atoms with Crippen LogP contribution in [0.3, 0.4) is 0 Å². The van der Waals surface area contributed by atoms with E-state index >= 15 is 0 Å². The Morgan fingerprint density at radius 2 is 1.79 bits per heavy atom. The normalized spacial score (nSPS) is 11.9. The number of nitrogens with one attached hydrogen (secondary N) is 2. The molecule has 0 aliphatic carbocycles. The number of nitrogens with zero attached hydrogens (tertiary/aromatic N) is 2. The first kappa shape index (κ1) is 20.8. The van der Waals surface area contributed by atoms with Gasteiger partial charge in [0.15, 0.2) is 0 Å². The van der Waals surface area contributed by atoms with Crippen LogP contribution in [0, 0.1) is 6.92 Å². The Balaban J connectivity index is 1.42. The molecule has 0 atom stereocenters. The zero-order chi connectivity index (χ0) is 20.7. The highest BCUT2D eigenvalue weighted by atomic mass is 32.2. The fourth-order valence-corrected chi connectivity index (χ4v) is 3.78. The van der Waals surface area contributed by atoms with Crippen molar-refractivity contribution in [2.75, 3.05) is 13.1 Å². The summed E-state index contributed by atoms with van der Waals surface area (Å²) in [6.45, 7) is 3.02. The molecule has 0 aliphatic heterocycles. The van der Waals surface area contributed by atoms with Crippen LogP contribution in [-0.4, -0.2) is 37.0 Å². The number of sulfonamides is 1. The van der Waals surface area contributed by atoms with E-state index in [1.807, 2.05) is 66.1 Å². The number of hydrogen-bond donors (Lipinski definition) is 2. The van der Waals surface area contributed by atoms with Crippen LogP contribution in [0.2, 0.25) is 0 Å². The van der Waals surface area contributed by atoms with Gasteiger partial charge >= 0.3 is 0 Å². The highest BCUT2D eigenvalue weighted by Gasteiger charge is 2.09. The van der Waals surface area contributed by atoms with E-state index in [1.165, 1.54) is 6.08 Å². The molecule has 1 heterocycles. The van der Waals surface area contributed by atoms with Crippen molar-refractivity contribution in [3.63, 3.8) is 0 Å². The number of carbonyl (C=O) groups is 1. The molecule has 1 amide bonds. The van der Waals surface area contributed by atoms with Crippen LogP contribution >= 0.6 is 0 Å². The molecule has 2 aromatic carbocycles. The van der Waals surface area contributed by atoms with E-state index in [2.05, 4.69) is 15.0 Å². The van der Waals surface area contributed by atoms with E-state index in [0.717, 1.165) is 27.8 Å². The Hall–Kier alpha value is -2.97. The van der Waals surface area contributed by atoms with Gasteiger partial charge in [0, 0.05) is 31.5 Å². The zero-order valence-electron chi connectivity index (χ0n) is 16.2. The van der Waals surface area contributed by atoms with Crippen molar-refractivity contribution in [3.05, 3.63) is 71.4 Å². The minimum Gasteiger partial charge on any atom is -0.354 e. The van der Waals surface area contributed by atoms with Crippen molar-refractivity contribution in [1.29, 1.82) is 0 Å². The lowest BCUT2D eigenvalue weighted by Crippen LogP contribution is -2.31. The van der Waals surface area contributed by atoms with Crippen LogP contribution in [0.15, 0.2) is 60.0 Å². The standard InChI is InChI=1S/C21H24N4O3S/c1-17-24-19-9-5-6-10-20(19)25(17)15-14-22-21(26)11-13-23-29(27,28)16-12-18-7-3-2-4-8-18/h2-10,12,16,23H,11,13-15H2,1H3,(H,22,26)/b16-12+. The van der Waals surface area contributed by atoms with Gasteiger partial charge in [-0.2, -0.15) is 0 Å². The summed E-state index contributed by atoms with van der Waals surface area (Å²) in [6.07, 6.45) is 1.59. The molecule has 3 rings (SSSR count). The number of imidazole rings is 1. The zero-order valence-corrected chi connectivity index (χ0v) is 17.0. The summed E-state index contributed by atoms with van der Waals surface area (Å²) in [5.74, 6) is 0.681.